The van der Waals surface area contributed by atoms with Crippen LogP contribution in [0.15, 0.2) is 43.0 Å². The van der Waals surface area contributed by atoms with E-state index in [2.05, 4.69) is 17.2 Å². The number of nitrogens with two attached hydrogens (primary N) is 1. The van der Waals surface area contributed by atoms with E-state index in [1.165, 1.54) is 30.2 Å². The van der Waals surface area contributed by atoms with Gasteiger partial charge in [0.25, 0.3) is 5.91 Å². The molecule has 8 nitrogen and oxygen atoms in total. The highest BCUT2D eigenvalue weighted by molar-refractivity contribution is 5.91. The van der Waals surface area contributed by atoms with Gasteiger partial charge in [-0.3, -0.25) is 9.59 Å². The van der Waals surface area contributed by atoms with Crippen molar-refractivity contribution in [3.8, 4) is 0 Å². The maximum absolute atomic E-state index is 13.5. The van der Waals surface area contributed by atoms with Gasteiger partial charge in [-0.2, -0.15) is 0 Å². The molecule has 1 heterocycles. The predicted octanol–water partition coefficient (Wildman–Crippen LogP) is 2.13. The second-order valence-corrected chi connectivity index (χ2v) is 9.00. The lowest BCUT2D eigenvalue weighted by molar-refractivity contribution is -0.145. The quantitative estimate of drug-likeness (QED) is 0.493. The molecule has 2 aliphatic rings. The Morgan fingerprint density at radius 1 is 1.15 bits per heavy atom. The van der Waals surface area contributed by atoms with E-state index in [4.69, 9.17) is 10.5 Å². The first-order chi connectivity index (χ1) is 16.0. The first kappa shape index (κ1) is 24.8. The Morgan fingerprint density at radius 3 is 2.58 bits per heavy atom. The van der Waals surface area contributed by atoms with Gasteiger partial charge in [-0.05, 0) is 30.7 Å². The average Bonchev–Trinajstić information content (AvgIpc) is 3.23. The first-order valence-corrected chi connectivity index (χ1v) is 11.9. The fraction of sp³-hybridized carbons (Fsp3) is 0.560. The highest BCUT2D eigenvalue weighted by atomic mass is 16.6. The third-order valence-corrected chi connectivity index (χ3v) is 6.39. The smallest absolute Gasteiger partial charge is 0.408 e. The third kappa shape index (κ3) is 7.32. The topological polar surface area (TPSA) is 114 Å². The number of rotatable bonds is 9. The zero-order valence-electron chi connectivity index (χ0n) is 19.2. The van der Waals surface area contributed by atoms with Crippen LogP contribution in [0.2, 0.25) is 0 Å². The summed E-state index contributed by atoms with van der Waals surface area (Å²) in [4.78, 5) is 40.2. The molecule has 0 aromatic heterocycles. The van der Waals surface area contributed by atoms with E-state index in [9.17, 15) is 14.4 Å². The molecule has 2 fully saturated rings. The molecule has 4 N–H and O–H groups in total. The fourth-order valence-corrected chi connectivity index (χ4v) is 4.63. The Morgan fingerprint density at radius 2 is 1.88 bits per heavy atom. The van der Waals surface area contributed by atoms with Crippen LogP contribution in [0.1, 0.15) is 44.1 Å². The zero-order valence-corrected chi connectivity index (χ0v) is 19.2. The molecule has 3 rings (SSSR count). The van der Waals surface area contributed by atoms with Crippen molar-refractivity contribution in [2.45, 2.75) is 63.1 Å². The Bertz CT molecular complexity index is 810. The number of nitrogens with one attached hydrogen (secondary N) is 2. The normalized spacial score (nSPS) is 21.8. The summed E-state index contributed by atoms with van der Waals surface area (Å²) in [6.45, 7) is 4.67. The number of alkyl carbamates (subject to hydrolysis) is 1. The van der Waals surface area contributed by atoms with Crippen molar-refractivity contribution >= 4 is 17.9 Å². The molecule has 1 aromatic carbocycles. The van der Waals surface area contributed by atoms with Gasteiger partial charge in [-0.25, -0.2) is 4.79 Å². The summed E-state index contributed by atoms with van der Waals surface area (Å²) in [6, 6.07) is 8.39. The lowest BCUT2D eigenvalue weighted by Crippen LogP contribution is -2.51. The number of benzene rings is 1. The molecule has 3 atom stereocenters. The van der Waals surface area contributed by atoms with E-state index in [0.717, 1.165) is 18.4 Å². The minimum atomic E-state index is -1.06. The van der Waals surface area contributed by atoms with Crippen LogP contribution in [0.5, 0.6) is 0 Å². The molecule has 0 bridgehead atoms. The van der Waals surface area contributed by atoms with Gasteiger partial charge in [-0.15, -0.1) is 6.58 Å². The SMILES string of the molecule is C=CCNC(=O)O[C@H](Cc1ccccc1)C(=O)N1C[C@H](N)C[C@H]1C(=O)NCC1CCCCC1. The summed E-state index contributed by atoms with van der Waals surface area (Å²) in [5.41, 5.74) is 7.00. The fourth-order valence-electron chi connectivity index (χ4n) is 4.63. The van der Waals surface area contributed by atoms with E-state index in [-0.39, 0.29) is 31.5 Å². The van der Waals surface area contributed by atoms with Crippen molar-refractivity contribution in [3.63, 3.8) is 0 Å². The van der Waals surface area contributed by atoms with Crippen molar-refractivity contribution in [2.75, 3.05) is 19.6 Å². The lowest BCUT2D eigenvalue weighted by atomic mass is 9.89. The third-order valence-electron chi connectivity index (χ3n) is 6.39. The number of nitrogens with zero attached hydrogens (tertiary/aromatic N) is 1. The summed E-state index contributed by atoms with van der Waals surface area (Å²) >= 11 is 0. The molecule has 1 saturated heterocycles. The zero-order chi connectivity index (χ0) is 23.6. The van der Waals surface area contributed by atoms with Gasteiger partial charge in [0.2, 0.25) is 5.91 Å². The van der Waals surface area contributed by atoms with Gasteiger partial charge < -0.3 is 26.0 Å². The molecule has 0 unspecified atom stereocenters. The molecule has 8 heteroatoms. The molecule has 180 valence electrons. The summed E-state index contributed by atoms with van der Waals surface area (Å²) in [7, 11) is 0. The summed E-state index contributed by atoms with van der Waals surface area (Å²) < 4.78 is 5.49. The Labute approximate surface area is 195 Å². The van der Waals surface area contributed by atoms with Crippen molar-refractivity contribution in [3.05, 3.63) is 48.6 Å². The molecule has 3 amide bonds. The van der Waals surface area contributed by atoms with Crippen molar-refractivity contribution in [2.24, 2.45) is 11.7 Å². The van der Waals surface area contributed by atoms with E-state index < -0.39 is 24.1 Å². The number of carbonyl (C=O) groups is 3. The molecule has 1 aromatic rings. The van der Waals surface area contributed by atoms with Gasteiger partial charge >= 0.3 is 6.09 Å². The molecular formula is C25H36N4O4. The summed E-state index contributed by atoms with van der Waals surface area (Å²) in [5.74, 6) is -0.0977. The molecule has 0 spiro atoms. The second kappa shape index (κ2) is 12.4. The monoisotopic (exact) mass is 456 g/mol. The number of ether oxygens (including phenoxy) is 1. The van der Waals surface area contributed by atoms with Gasteiger partial charge in [0.05, 0.1) is 0 Å². The van der Waals surface area contributed by atoms with Crippen LogP contribution in [0, 0.1) is 5.92 Å². The van der Waals surface area contributed by atoms with Gasteiger partial charge in [-0.1, -0.05) is 55.7 Å². The Hall–Kier alpha value is -2.87. The average molecular weight is 457 g/mol. The van der Waals surface area contributed by atoms with E-state index >= 15 is 0 Å². The van der Waals surface area contributed by atoms with E-state index in [0.29, 0.717) is 18.9 Å². The number of likely N-dealkylation sites (tertiary alicyclic amines) is 1. The van der Waals surface area contributed by atoms with Crippen LogP contribution in [0.3, 0.4) is 0 Å². The van der Waals surface area contributed by atoms with Crippen molar-refractivity contribution < 1.29 is 19.1 Å². The van der Waals surface area contributed by atoms with Crippen LogP contribution in [0.25, 0.3) is 0 Å². The molecular weight excluding hydrogens is 420 g/mol. The van der Waals surface area contributed by atoms with Gasteiger partial charge in [0, 0.05) is 32.1 Å². The Kier molecular flexibility index (Phi) is 9.30. The number of amides is 3. The minimum Gasteiger partial charge on any atom is -0.436 e. The van der Waals surface area contributed by atoms with Gasteiger partial charge in [0.1, 0.15) is 6.04 Å². The minimum absolute atomic E-state index is 0.184. The van der Waals surface area contributed by atoms with Crippen molar-refractivity contribution in [1.29, 1.82) is 0 Å². The highest BCUT2D eigenvalue weighted by Gasteiger charge is 2.41. The first-order valence-electron chi connectivity index (χ1n) is 11.9. The van der Waals surface area contributed by atoms with E-state index in [1.807, 2.05) is 30.3 Å². The molecule has 0 radical (unpaired) electrons. The second-order valence-electron chi connectivity index (χ2n) is 9.00. The van der Waals surface area contributed by atoms with E-state index in [1.54, 1.807) is 0 Å². The largest absolute Gasteiger partial charge is 0.436 e. The van der Waals surface area contributed by atoms with Crippen LogP contribution < -0.4 is 16.4 Å². The standard InChI is InChI=1S/C25H36N4O4/c1-2-13-27-25(32)33-22(14-18-9-5-3-6-10-18)24(31)29-17-20(26)15-21(29)23(30)28-16-19-11-7-4-8-12-19/h2-3,5-6,9-10,19-22H,1,4,7-8,11-17,26H2,(H,27,32)(H,28,30)/t20-,21+,22-/m1/s1. The summed E-state index contributed by atoms with van der Waals surface area (Å²) in [5, 5.41) is 5.58. The maximum atomic E-state index is 13.5. The molecule has 1 saturated carbocycles. The number of hydrogen-bond acceptors (Lipinski definition) is 5. The molecule has 33 heavy (non-hydrogen) atoms. The summed E-state index contributed by atoms with van der Waals surface area (Å²) in [6.07, 6.45) is 6.28. The van der Waals surface area contributed by atoms with Crippen LogP contribution >= 0.6 is 0 Å². The number of carbonyl (C=O) groups excluding carboxylic acids is 3. The van der Waals surface area contributed by atoms with Crippen LogP contribution in [0.4, 0.5) is 4.79 Å². The van der Waals surface area contributed by atoms with Gasteiger partial charge in [0.15, 0.2) is 6.10 Å². The predicted molar refractivity (Wildman–Crippen MR) is 126 cm³/mol. The lowest BCUT2D eigenvalue weighted by Gasteiger charge is -2.29. The van der Waals surface area contributed by atoms with Crippen LogP contribution in [-0.4, -0.2) is 60.6 Å². The Balaban J connectivity index is 1.68. The number of hydrogen-bond donors (Lipinski definition) is 3. The van der Waals surface area contributed by atoms with Crippen molar-refractivity contribution in [1.82, 2.24) is 15.5 Å². The molecule has 1 aliphatic carbocycles. The highest BCUT2D eigenvalue weighted by Crippen LogP contribution is 2.24. The van der Waals surface area contributed by atoms with Crippen LogP contribution in [-0.2, 0) is 20.7 Å². The molecule has 1 aliphatic heterocycles. The maximum Gasteiger partial charge on any atom is 0.408 e.